The van der Waals surface area contributed by atoms with Gasteiger partial charge in [0, 0.05) is 44.0 Å². The molecule has 4 nitrogen and oxygen atoms in total. The van der Waals surface area contributed by atoms with E-state index in [-0.39, 0.29) is 17.7 Å². The van der Waals surface area contributed by atoms with Gasteiger partial charge in [0.25, 0.3) is 0 Å². The lowest BCUT2D eigenvalue weighted by Gasteiger charge is -2.19. The van der Waals surface area contributed by atoms with Gasteiger partial charge in [0.2, 0.25) is 5.88 Å². The Morgan fingerprint density at radius 3 is 2.47 bits per heavy atom. The Morgan fingerprint density at radius 1 is 0.971 bits per heavy atom. The van der Waals surface area contributed by atoms with Crippen molar-refractivity contribution in [2.24, 2.45) is 5.92 Å². The predicted octanol–water partition coefficient (Wildman–Crippen LogP) is 7.14. The van der Waals surface area contributed by atoms with Crippen molar-refractivity contribution in [3.8, 4) is 5.88 Å². The molecule has 2 aromatic heterocycles. The highest BCUT2D eigenvalue weighted by Gasteiger charge is 2.34. The van der Waals surface area contributed by atoms with E-state index in [9.17, 15) is 13.2 Å². The number of pyridine rings is 2. The Balaban J connectivity index is 1.44. The topological polar surface area (TPSA) is 38.2 Å². The smallest absolute Gasteiger partial charge is 0.417 e. The number of ether oxygens (including phenoxy) is 1. The zero-order chi connectivity index (χ0) is 24.3. The van der Waals surface area contributed by atoms with Crippen LogP contribution in [0, 0.1) is 5.92 Å². The minimum atomic E-state index is -4.43. The minimum absolute atomic E-state index is 0.167. The van der Waals surface area contributed by atoms with Crippen molar-refractivity contribution in [1.29, 1.82) is 0 Å². The lowest BCUT2D eigenvalue weighted by atomic mass is 9.87. The highest BCUT2D eigenvalue weighted by molar-refractivity contribution is 6.42. The maximum absolute atomic E-state index is 12.7. The molecule has 1 saturated heterocycles. The Labute approximate surface area is 210 Å². The summed E-state index contributed by atoms with van der Waals surface area (Å²) in [7, 11) is 0. The largest absolute Gasteiger partial charge is 0.478 e. The van der Waals surface area contributed by atoms with Gasteiger partial charge in [-0.05, 0) is 53.8 Å². The molecule has 2 atom stereocenters. The summed E-state index contributed by atoms with van der Waals surface area (Å²) < 4.78 is 43.9. The zero-order valence-electron chi connectivity index (χ0n) is 17.9. The molecule has 0 unspecified atom stereocenters. The highest BCUT2D eigenvalue weighted by Crippen LogP contribution is 2.38. The fourth-order valence-electron chi connectivity index (χ4n) is 4.25. The first-order chi connectivity index (χ1) is 16.2. The lowest BCUT2D eigenvalue weighted by molar-refractivity contribution is -0.137. The number of hydrogen-bond acceptors (Lipinski definition) is 4. The van der Waals surface area contributed by atoms with E-state index in [1.807, 2.05) is 24.3 Å². The Bertz CT molecular complexity index is 1130. The molecule has 1 aliphatic heterocycles. The molecule has 0 aliphatic carbocycles. The zero-order valence-corrected chi connectivity index (χ0v) is 20.2. The molecule has 10 heteroatoms. The summed E-state index contributed by atoms with van der Waals surface area (Å²) in [6.07, 6.45) is -1.26. The molecule has 0 bridgehead atoms. The fraction of sp³-hybridized carbons (Fsp3) is 0.333. The van der Waals surface area contributed by atoms with Crippen LogP contribution in [0.4, 0.5) is 13.2 Å². The van der Waals surface area contributed by atoms with Crippen molar-refractivity contribution in [2.45, 2.75) is 25.1 Å². The van der Waals surface area contributed by atoms with Gasteiger partial charge in [0.05, 0.1) is 22.2 Å². The van der Waals surface area contributed by atoms with Crippen molar-refractivity contribution in [1.82, 2.24) is 14.9 Å². The van der Waals surface area contributed by atoms with Crippen molar-refractivity contribution >= 4 is 34.8 Å². The summed E-state index contributed by atoms with van der Waals surface area (Å²) >= 11 is 18.4. The summed E-state index contributed by atoms with van der Waals surface area (Å²) in [4.78, 5) is 10.1. The SMILES string of the molecule is FC(F)(F)c1ccc(OCC[C@@H]2CN(Cc3ccnc(Cl)c3)C[C@@H]2c2ccc(Cl)c(Cl)c2)nc1. The lowest BCUT2D eigenvalue weighted by Crippen LogP contribution is -2.20. The quantitative estimate of drug-likeness (QED) is 0.304. The maximum Gasteiger partial charge on any atom is 0.417 e. The van der Waals surface area contributed by atoms with Crippen LogP contribution in [0.15, 0.2) is 54.9 Å². The molecule has 0 N–H and O–H groups in total. The number of hydrogen-bond donors (Lipinski definition) is 0. The molecule has 34 heavy (non-hydrogen) atoms. The van der Waals surface area contributed by atoms with Gasteiger partial charge in [-0.1, -0.05) is 40.9 Å². The van der Waals surface area contributed by atoms with Crippen LogP contribution in [0.25, 0.3) is 0 Å². The molecule has 1 fully saturated rings. The van der Waals surface area contributed by atoms with E-state index >= 15 is 0 Å². The van der Waals surface area contributed by atoms with Crippen LogP contribution in [-0.4, -0.2) is 34.6 Å². The third-order valence-corrected chi connectivity index (χ3v) is 6.83. The summed E-state index contributed by atoms with van der Waals surface area (Å²) in [6.45, 7) is 2.67. The van der Waals surface area contributed by atoms with Crippen molar-refractivity contribution < 1.29 is 17.9 Å². The second-order valence-electron chi connectivity index (χ2n) is 8.24. The number of likely N-dealkylation sites (tertiary alicyclic amines) is 1. The van der Waals surface area contributed by atoms with Crippen LogP contribution in [0.1, 0.15) is 29.0 Å². The molecule has 0 radical (unpaired) electrons. The predicted molar refractivity (Wildman–Crippen MR) is 127 cm³/mol. The van der Waals surface area contributed by atoms with E-state index in [4.69, 9.17) is 39.5 Å². The average molecular weight is 531 g/mol. The molecule has 3 aromatic rings. The van der Waals surface area contributed by atoms with E-state index in [0.717, 1.165) is 43.0 Å². The number of nitrogens with zero attached hydrogens (tertiary/aromatic N) is 3. The molecule has 3 heterocycles. The molecule has 0 amide bonds. The van der Waals surface area contributed by atoms with E-state index in [1.165, 1.54) is 6.07 Å². The summed E-state index contributed by atoms with van der Waals surface area (Å²) in [5.41, 5.74) is 1.35. The van der Waals surface area contributed by atoms with Crippen molar-refractivity contribution in [3.63, 3.8) is 0 Å². The molecular weight excluding hydrogens is 510 g/mol. The van der Waals surface area contributed by atoms with E-state index in [2.05, 4.69) is 14.9 Å². The van der Waals surface area contributed by atoms with Gasteiger partial charge in [-0.15, -0.1) is 0 Å². The molecule has 0 spiro atoms. The molecule has 180 valence electrons. The maximum atomic E-state index is 12.7. The summed E-state index contributed by atoms with van der Waals surface area (Å²) in [5.74, 6) is 0.598. The minimum Gasteiger partial charge on any atom is -0.478 e. The third kappa shape index (κ3) is 6.33. The summed E-state index contributed by atoms with van der Waals surface area (Å²) in [5, 5.41) is 1.45. The van der Waals surface area contributed by atoms with Crippen LogP contribution in [0.5, 0.6) is 5.88 Å². The van der Waals surface area contributed by atoms with E-state index < -0.39 is 11.7 Å². The standard InChI is InChI=1S/C24H21Cl3F3N3O/c25-20-3-1-16(10-21(20)26)19-14-33(12-15-5-7-31-22(27)9-15)13-17(19)6-8-34-23-4-2-18(11-32-23)24(28,29)30/h1-5,7,9-11,17,19H,6,8,12-14H2/t17-,19-/m1/s1. The average Bonchev–Trinajstić information content (AvgIpc) is 3.18. The van der Waals surface area contributed by atoms with Gasteiger partial charge < -0.3 is 4.74 Å². The monoisotopic (exact) mass is 529 g/mol. The normalized spacial score (nSPS) is 18.9. The molecule has 4 rings (SSSR count). The second kappa shape index (κ2) is 10.7. The number of halogens is 6. The van der Waals surface area contributed by atoms with Gasteiger partial charge in [-0.25, -0.2) is 9.97 Å². The van der Waals surface area contributed by atoms with Crippen molar-refractivity contribution in [3.05, 3.63) is 86.7 Å². The van der Waals surface area contributed by atoms with E-state index in [1.54, 1.807) is 12.3 Å². The first-order valence-electron chi connectivity index (χ1n) is 10.6. The van der Waals surface area contributed by atoms with Gasteiger partial charge in [0.1, 0.15) is 5.15 Å². The number of aromatic nitrogens is 2. The Morgan fingerprint density at radius 2 is 1.79 bits per heavy atom. The van der Waals surface area contributed by atoms with Crippen LogP contribution < -0.4 is 4.74 Å². The van der Waals surface area contributed by atoms with Crippen LogP contribution in [0.2, 0.25) is 15.2 Å². The van der Waals surface area contributed by atoms with Crippen molar-refractivity contribution in [2.75, 3.05) is 19.7 Å². The molecular formula is C24H21Cl3F3N3O. The molecule has 1 aliphatic rings. The number of benzene rings is 1. The van der Waals surface area contributed by atoms with Gasteiger partial charge in [-0.3, -0.25) is 4.90 Å². The van der Waals surface area contributed by atoms with Crippen LogP contribution >= 0.6 is 34.8 Å². The van der Waals surface area contributed by atoms with Crippen LogP contribution in [-0.2, 0) is 12.7 Å². The second-order valence-corrected chi connectivity index (χ2v) is 9.44. The highest BCUT2D eigenvalue weighted by atomic mass is 35.5. The first kappa shape index (κ1) is 25.0. The Hall–Kier alpha value is -2.06. The van der Waals surface area contributed by atoms with E-state index in [0.29, 0.717) is 28.2 Å². The van der Waals surface area contributed by atoms with Gasteiger partial charge in [0.15, 0.2) is 0 Å². The van der Waals surface area contributed by atoms with Gasteiger partial charge >= 0.3 is 6.18 Å². The van der Waals surface area contributed by atoms with Crippen LogP contribution in [0.3, 0.4) is 0 Å². The number of rotatable bonds is 7. The number of alkyl halides is 3. The Kier molecular flexibility index (Phi) is 7.87. The summed E-state index contributed by atoms with van der Waals surface area (Å²) in [6, 6.07) is 11.7. The molecule has 1 aromatic carbocycles. The van der Waals surface area contributed by atoms with Gasteiger partial charge in [-0.2, -0.15) is 13.2 Å². The first-order valence-corrected chi connectivity index (χ1v) is 11.8. The molecule has 0 saturated carbocycles. The fourth-order valence-corrected chi connectivity index (χ4v) is 4.75. The third-order valence-electron chi connectivity index (χ3n) is 5.89.